The Kier molecular flexibility index (Phi) is 6.44. The highest BCUT2D eigenvalue weighted by Crippen LogP contribution is 2.23. The van der Waals surface area contributed by atoms with Crippen molar-refractivity contribution in [3.05, 3.63) is 57.3 Å². The molecule has 0 unspecified atom stereocenters. The number of fused-ring (bicyclic) bond motifs is 1. The highest BCUT2D eigenvalue weighted by molar-refractivity contribution is 9.10. The van der Waals surface area contributed by atoms with E-state index in [0.29, 0.717) is 30.0 Å². The standard InChI is InChI=1S/C22H20BrN3O3S2/c1-2-12-26-19-11-8-17(23)15-20(19)30-22(26)24-21(27)16-6-9-18(10-7-16)31(28,29)25-13-4-3-5-14-25/h1,6-11,15H,3-5,12-14H2. The molecule has 3 aromatic rings. The third-order valence-corrected chi connectivity index (χ3v) is 8.59. The average molecular weight is 518 g/mol. The van der Waals surface area contributed by atoms with E-state index in [4.69, 9.17) is 6.42 Å². The van der Waals surface area contributed by atoms with Gasteiger partial charge in [-0.15, -0.1) is 6.42 Å². The number of sulfonamides is 1. The van der Waals surface area contributed by atoms with Crippen LogP contribution in [-0.4, -0.2) is 36.3 Å². The Morgan fingerprint density at radius 3 is 2.52 bits per heavy atom. The number of nitrogens with zero attached hydrogens (tertiary/aromatic N) is 3. The van der Waals surface area contributed by atoms with Crippen molar-refractivity contribution in [1.82, 2.24) is 8.87 Å². The fraction of sp³-hybridized carbons (Fsp3) is 0.273. The molecule has 0 radical (unpaired) electrons. The van der Waals surface area contributed by atoms with Crippen molar-refractivity contribution >= 4 is 53.4 Å². The summed E-state index contributed by atoms with van der Waals surface area (Å²) >= 11 is 4.83. The van der Waals surface area contributed by atoms with Crippen molar-refractivity contribution in [2.45, 2.75) is 30.7 Å². The summed E-state index contributed by atoms with van der Waals surface area (Å²) in [6.45, 7) is 1.37. The van der Waals surface area contributed by atoms with Gasteiger partial charge in [-0.05, 0) is 55.3 Å². The molecule has 0 bridgehead atoms. The third-order valence-electron chi connectivity index (χ3n) is 5.15. The van der Waals surface area contributed by atoms with Crippen LogP contribution in [-0.2, 0) is 16.6 Å². The van der Waals surface area contributed by atoms with Crippen LogP contribution >= 0.6 is 27.3 Å². The van der Waals surface area contributed by atoms with E-state index in [1.807, 2.05) is 22.8 Å². The Labute approximate surface area is 193 Å². The van der Waals surface area contributed by atoms with Crippen LogP contribution in [0.15, 0.2) is 56.8 Å². The van der Waals surface area contributed by atoms with Gasteiger partial charge in [0.1, 0.15) is 0 Å². The van der Waals surface area contributed by atoms with Crippen LogP contribution in [0.4, 0.5) is 0 Å². The van der Waals surface area contributed by atoms with Crippen molar-refractivity contribution in [2.24, 2.45) is 4.99 Å². The lowest BCUT2D eigenvalue weighted by molar-refractivity contribution is 0.0998. The molecule has 31 heavy (non-hydrogen) atoms. The molecular formula is C22H20BrN3O3S2. The summed E-state index contributed by atoms with van der Waals surface area (Å²) in [5, 5.41) is 0. The van der Waals surface area contributed by atoms with E-state index in [-0.39, 0.29) is 4.90 Å². The molecule has 2 aromatic carbocycles. The lowest BCUT2D eigenvalue weighted by Gasteiger charge is -2.25. The first-order valence-electron chi connectivity index (χ1n) is 9.82. The second-order valence-corrected chi connectivity index (χ2v) is 11.1. The van der Waals surface area contributed by atoms with Gasteiger partial charge < -0.3 is 4.57 Å². The van der Waals surface area contributed by atoms with E-state index in [0.717, 1.165) is 34.0 Å². The van der Waals surface area contributed by atoms with Gasteiger partial charge >= 0.3 is 0 Å². The summed E-state index contributed by atoms with van der Waals surface area (Å²) < 4.78 is 30.8. The zero-order valence-electron chi connectivity index (χ0n) is 16.6. The maximum absolute atomic E-state index is 12.8. The summed E-state index contributed by atoms with van der Waals surface area (Å²) in [5.74, 6) is 2.15. The molecule has 0 atom stereocenters. The lowest BCUT2D eigenvalue weighted by atomic mass is 10.2. The molecule has 6 nitrogen and oxygen atoms in total. The van der Waals surface area contributed by atoms with Crippen LogP contribution in [0.25, 0.3) is 10.2 Å². The minimum atomic E-state index is -3.54. The minimum Gasteiger partial charge on any atom is -0.305 e. The van der Waals surface area contributed by atoms with Crippen LogP contribution in [0.5, 0.6) is 0 Å². The van der Waals surface area contributed by atoms with E-state index in [2.05, 4.69) is 26.8 Å². The van der Waals surface area contributed by atoms with Gasteiger partial charge in [0.05, 0.1) is 21.7 Å². The Hall–Kier alpha value is -2.25. The Bertz CT molecular complexity index is 1340. The lowest BCUT2D eigenvalue weighted by Crippen LogP contribution is -2.35. The third kappa shape index (κ3) is 4.53. The number of benzene rings is 2. The Morgan fingerprint density at radius 2 is 1.84 bits per heavy atom. The van der Waals surface area contributed by atoms with Gasteiger partial charge in [0.25, 0.3) is 5.91 Å². The van der Waals surface area contributed by atoms with Crippen LogP contribution < -0.4 is 4.80 Å². The van der Waals surface area contributed by atoms with Gasteiger partial charge in [0.2, 0.25) is 10.0 Å². The highest BCUT2D eigenvalue weighted by atomic mass is 79.9. The average Bonchev–Trinajstić information content (AvgIpc) is 3.10. The van der Waals surface area contributed by atoms with E-state index in [1.54, 1.807) is 0 Å². The second kappa shape index (κ2) is 9.09. The van der Waals surface area contributed by atoms with Crippen molar-refractivity contribution in [3.63, 3.8) is 0 Å². The summed E-state index contributed by atoms with van der Waals surface area (Å²) in [5.41, 5.74) is 1.23. The van der Waals surface area contributed by atoms with Gasteiger partial charge in [-0.1, -0.05) is 39.6 Å². The molecule has 1 amide bonds. The molecule has 0 N–H and O–H groups in total. The van der Waals surface area contributed by atoms with Crippen molar-refractivity contribution < 1.29 is 13.2 Å². The maximum atomic E-state index is 12.8. The Morgan fingerprint density at radius 1 is 1.13 bits per heavy atom. The molecule has 4 rings (SSSR count). The zero-order chi connectivity index (χ0) is 22.0. The van der Waals surface area contributed by atoms with Gasteiger partial charge in [-0.3, -0.25) is 4.79 Å². The van der Waals surface area contributed by atoms with E-state index < -0.39 is 15.9 Å². The fourth-order valence-corrected chi connectivity index (χ4v) is 6.65. The van der Waals surface area contributed by atoms with Crippen LogP contribution in [0.1, 0.15) is 29.6 Å². The summed E-state index contributed by atoms with van der Waals surface area (Å²) in [7, 11) is -3.54. The zero-order valence-corrected chi connectivity index (χ0v) is 19.8. The first-order chi connectivity index (χ1) is 14.9. The quantitative estimate of drug-likeness (QED) is 0.490. The number of aromatic nitrogens is 1. The van der Waals surface area contributed by atoms with E-state index in [1.165, 1.54) is 39.9 Å². The molecular weight excluding hydrogens is 498 g/mol. The number of terminal acetylenes is 1. The first kappa shape index (κ1) is 22.0. The molecule has 0 aliphatic carbocycles. The molecule has 1 aromatic heterocycles. The number of piperidine rings is 1. The number of carbonyl (C=O) groups excluding carboxylic acids is 1. The normalized spacial score (nSPS) is 15.8. The molecule has 1 aliphatic rings. The molecule has 0 saturated carbocycles. The molecule has 9 heteroatoms. The van der Waals surface area contributed by atoms with Gasteiger partial charge in [0.15, 0.2) is 4.80 Å². The first-order valence-corrected chi connectivity index (χ1v) is 12.9. The second-order valence-electron chi connectivity index (χ2n) is 7.19. The largest absolute Gasteiger partial charge is 0.305 e. The monoisotopic (exact) mass is 517 g/mol. The van der Waals surface area contributed by atoms with Crippen LogP contribution in [0.3, 0.4) is 0 Å². The number of thiazole rings is 1. The van der Waals surface area contributed by atoms with Gasteiger partial charge in [0, 0.05) is 23.1 Å². The maximum Gasteiger partial charge on any atom is 0.279 e. The van der Waals surface area contributed by atoms with E-state index >= 15 is 0 Å². The number of rotatable bonds is 4. The number of halogens is 1. The predicted molar refractivity (Wildman–Crippen MR) is 125 cm³/mol. The highest BCUT2D eigenvalue weighted by Gasteiger charge is 2.25. The summed E-state index contributed by atoms with van der Waals surface area (Å²) in [4.78, 5) is 17.7. The van der Waals surface area contributed by atoms with E-state index in [9.17, 15) is 13.2 Å². The summed E-state index contributed by atoms with van der Waals surface area (Å²) in [6, 6.07) is 11.8. The van der Waals surface area contributed by atoms with Crippen LogP contribution in [0, 0.1) is 12.3 Å². The van der Waals surface area contributed by atoms with Crippen LogP contribution in [0.2, 0.25) is 0 Å². The molecule has 160 valence electrons. The molecule has 0 spiro atoms. The smallest absolute Gasteiger partial charge is 0.279 e. The molecule has 2 heterocycles. The van der Waals surface area contributed by atoms with Crippen molar-refractivity contribution in [1.29, 1.82) is 0 Å². The Balaban J connectivity index is 1.66. The number of amides is 1. The van der Waals surface area contributed by atoms with Crippen molar-refractivity contribution in [2.75, 3.05) is 13.1 Å². The van der Waals surface area contributed by atoms with Gasteiger partial charge in [-0.25, -0.2) is 8.42 Å². The van der Waals surface area contributed by atoms with Gasteiger partial charge in [-0.2, -0.15) is 9.30 Å². The molecule has 1 saturated heterocycles. The number of carbonyl (C=O) groups is 1. The predicted octanol–water partition coefficient (Wildman–Crippen LogP) is 4.01. The number of hydrogen-bond acceptors (Lipinski definition) is 4. The van der Waals surface area contributed by atoms with Crippen molar-refractivity contribution in [3.8, 4) is 12.3 Å². The minimum absolute atomic E-state index is 0.194. The SMILES string of the molecule is C#CCn1c(=NC(=O)c2ccc(S(=O)(=O)N3CCCCC3)cc2)sc2cc(Br)ccc21. The number of hydrogen-bond donors (Lipinski definition) is 0. The fourth-order valence-electron chi connectivity index (χ4n) is 3.55. The topological polar surface area (TPSA) is 71.7 Å². The molecule has 1 aliphatic heterocycles. The molecule has 1 fully saturated rings. The summed E-state index contributed by atoms with van der Waals surface area (Å²) in [6.07, 6.45) is 8.30.